The maximum atomic E-state index is 13.2. The molecular weight excluding hydrogens is 424 g/mol. The van der Waals surface area contributed by atoms with Gasteiger partial charge in [0, 0.05) is 5.02 Å². The second kappa shape index (κ2) is 8.77. The highest BCUT2D eigenvalue weighted by atomic mass is 35.5. The van der Waals surface area contributed by atoms with Gasteiger partial charge in [-0.2, -0.15) is 0 Å². The second-order valence-electron chi connectivity index (χ2n) is 6.65. The number of rotatable bonds is 6. The Balaban J connectivity index is 1.62. The molecule has 1 atom stereocenters. The van der Waals surface area contributed by atoms with Crippen LogP contribution in [0.2, 0.25) is 5.02 Å². The van der Waals surface area contributed by atoms with E-state index in [4.69, 9.17) is 21.1 Å². The summed E-state index contributed by atoms with van der Waals surface area (Å²) in [4.78, 5) is 30.4. The summed E-state index contributed by atoms with van der Waals surface area (Å²) in [7, 11) is 0. The molecular formula is C22H17ClN2O4S. The summed E-state index contributed by atoms with van der Waals surface area (Å²) < 4.78 is 5.41. The molecule has 152 valence electrons. The van der Waals surface area contributed by atoms with E-state index in [-0.39, 0.29) is 23.3 Å². The topological polar surface area (TPSA) is 83.1 Å². The number of hydrogen-bond acceptors (Lipinski definition) is 5. The number of carbonyl (C=O) groups excluding carboxylic acids is 1. The first-order chi connectivity index (χ1) is 14.5. The number of benzene rings is 2. The van der Waals surface area contributed by atoms with Gasteiger partial charge in [0.2, 0.25) is 5.91 Å². The molecule has 0 aliphatic carbocycles. The van der Waals surface area contributed by atoms with Crippen LogP contribution in [0.25, 0.3) is 0 Å². The summed E-state index contributed by atoms with van der Waals surface area (Å²) in [5.41, 5.74) is 1.64. The number of thioether (sulfide) groups is 1. The lowest BCUT2D eigenvalue weighted by molar-refractivity contribution is -0.126. The number of furan rings is 1. The van der Waals surface area contributed by atoms with E-state index in [0.29, 0.717) is 28.1 Å². The van der Waals surface area contributed by atoms with Crippen LogP contribution in [0.5, 0.6) is 0 Å². The quantitative estimate of drug-likeness (QED) is 0.582. The first kappa shape index (κ1) is 20.3. The molecule has 1 aromatic heterocycles. The van der Waals surface area contributed by atoms with Crippen LogP contribution >= 0.6 is 23.4 Å². The minimum absolute atomic E-state index is 0.0720. The van der Waals surface area contributed by atoms with Crippen molar-refractivity contribution in [1.82, 2.24) is 4.90 Å². The van der Waals surface area contributed by atoms with Gasteiger partial charge >= 0.3 is 5.97 Å². The molecule has 2 aromatic carbocycles. The third-order valence-electron chi connectivity index (χ3n) is 4.62. The molecule has 1 N–H and O–H groups in total. The van der Waals surface area contributed by atoms with Gasteiger partial charge < -0.3 is 9.52 Å². The third kappa shape index (κ3) is 4.42. The number of carbonyl (C=O) groups is 2. The maximum Gasteiger partial charge on any atom is 0.335 e. The van der Waals surface area contributed by atoms with Crippen LogP contribution in [0.15, 0.2) is 76.3 Å². The molecule has 0 saturated carbocycles. The fourth-order valence-electron chi connectivity index (χ4n) is 3.08. The molecule has 0 bridgehead atoms. The van der Waals surface area contributed by atoms with Crippen LogP contribution in [0, 0.1) is 0 Å². The molecule has 30 heavy (non-hydrogen) atoms. The summed E-state index contributed by atoms with van der Waals surface area (Å²) >= 11 is 7.65. The van der Waals surface area contributed by atoms with Crippen molar-refractivity contribution in [3.63, 3.8) is 0 Å². The van der Waals surface area contributed by atoms with Gasteiger partial charge in [0.15, 0.2) is 5.17 Å². The molecule has 1 unspecified atom stereocenters. The highest BCUT2D eigenvalue weighted by molar-refractivity contribution is 8.15. The average Bonchev–Trinajstić information content (AvgIpc) is 3.34. The number of hydrogen-bond donors (Lipinski definition) is 1. The van der Waals surface area contributed by atoms with Gasteiger partial charge in [-0.15, -0.1) is 0 Å². The molecule has 0 spiro atoms. The molecule has 1 fully saturated rings. The van der Waals surface area contributed by atoms with Gasteiger partial charge in [-0.05, 0) is 54.4 Å². The second-order valence-corrected chi connectivity index (χ2v) is 8.23. The lowest BCUT2D eigenvalue weighted by Gasteiger charge is -2.15. The Hall–Kier alpha value is -3.03. The molecule has 8 heteroatoms. The Morgan fingerprint density at radius 3 is 2.57 bits per heavy atom. The third-order valence-corrected chi connectivity index (χ3v) is 6.16. The van der Waals surface area contributed by atoms with Crippen molar-refractivity contribution in [3.8, 4) is 0 Å². The van der Waals surface area contributed by atoms with E-state index in [2.05, 4.69) is 4.99 Å². The summed E-state index contributed by atoms with van der Waals surface area (Å²) in [6.07, 6.45) is 2.04. The standard InChI is InChI=1S/C22H17ClN2O4S/c23-18-6-2-1-4-15(18)12-19-20(26)25(13-17-5-3-11-29-17)22(30-19)24-16-9-7-14(8-10-16)21(27)28/h1-11,19H,12-13H2,(H,27,28). The fraction of sp³-hybridized carbons (Fsp3) is 0.136. The van der Waals surface area contributed by atoms with Crippen LogP contribution < -0.4 is 0 Å². The Morgan fingerprint density at radius 2 is 1.90 bits per heavy atom. The first-order valence-electron chi connectivity index (χ1n) is 9.17. The van der Waals surface area contributed by atoms with Gasteiger partial charge in [-0.1, -0.05) is 41.6 Å². The number of amidine groups is 1. The van der Waals surface area contributed by atoms with E-state index in [1.165, 1.54) is 23.9 Å². The van der Waals surface area contributed by atoms with Crippen molar-refractivity contribution >= 4 is 46.1 Å². The number of carboxylic acids is 1. The number of carboxylic acid groups (broad SMARTS) is 1. The lowest BCUT2D eigenvalue weighted by atomic mass is 10.1. The highest BCUT2D eigenvalue weighted by Crippen LogP contribution is 2.34. The van der Waals surface area contributed by atoms with Crippen molar-refractivity contribution in [1.29, 1.82) is 0 Å². The molecule has 1 saturated heterocycles. The monoisotopic (exact) mass is 440 g/mol. The van der Waals surface area contributed by atoms with Gasteiger partial charge in [-0.3, -0.25) is 9.69 Å². The van der Waals surface area contributed by atoms with E-state index in [9.17, 15) is 9.59 Å². The molecule has 3 aromatic rings. The largest absolute Gasteiger partial charge is 0.478 e. The van der Waals surface area contributed by atoms with Crippen LogP contribution in [-0.4, -0.2) is 32.3 Å². The zero-order valence-corrected chi connectivity index (χ0v) is 17.3. The molecule has 6 nitrogen and oxygen atoms in total. The number of nitrogens with zero attached hydrogens (tertiary/aromatic N) is 2. The van der Waals surface area contributed by atoms with Crippen molar-refractivity contribution < 1.29 is 19.1 Å². The Kier molecular flexibility index (Phi) is 5.92. The van der Waals surface area contributed by atoms with E-state index in [1.807, 2.05) is 18.2 Å². The molecule has 1 amide bonds. The number of halogens is 1. The van der Waals surface area contributed by atoms with E-state index in [1.54, 1.807) is 41.5 Å². The Morgan fingerprint density at radius 1 is 1.13 bits per heavy atom. The first-order valence-corrected chi connectivity index (χ1v) is 10.4. The average molecular weight is 441 g/mol. The van der Waals surface area contributed by atoms with E-state index in [0.717, 1.165) is 5.56 Å². The van der Waals surface area contributed by atoms with Gasteiger partial charge in [0.1, 0.15) is 5.76 Å². The van der Waals surface area contributed by atoms with E-state index >= 15 is 0 Å². The maximum absolute atomic E-state index is 13.2. The molecule has 4 rings (SSSR count). The predicted molar refractivity (Wildman–Crippen MR) is 116 cm³/mol. The van der Waals surface area contributed by atoms with E-state index < -0.39 is 5.97 Å². The zero-order chi connectivity index (χ0) is 21.1. The summed E-state index contributed by atoms with van der Waals surface area (Å²) in [5.74, 6) is -0.424. The lowest BCUT2D eigenvalue weighted by Crippen LogP contribution is -2.32. The van der Waals surface area contributed by atoms with Crippen molar-refractivity contribution in [2.75, 3.05) is 0 Å². The zero-order valence-electron chi connectivity index (χ0n) is 15.7. The predicted octanol–water partition coefficient (Wildman–Crippen LogP) is 5.01. The summed E-state index contributed by atoms with van der Waals surface area (Å²) in [6, 6.07) is 17.2. The van der Waals surface area contributed by atoms with Crippen LogP contribution in [0.4, 0.5) is 5.69 Å². The van der Waals surface area contributed by atoms with Gasteiger partial charge in [-0.25, -0.2) is 9.79 Å². The minimum atomic E-state index is -1.00. The smallest absolute Gasteiger partial charge is 0.335 e. The number of aliphatic imine (C=N–C) groups is 1. The Bertz CT molecular complexity index is 1100. The number of aromatic carboxylic acids is 1. The summed E-state index contributed by atoms with van der Waals surface area (Å²) in [5, 5.41) is 9.86. The SMILES string of the molecule is O=C(O)c1ccc(N=C2SC(Cc3ccccc3Cl)C(=O)N2Cc2ccco2)cc1. The fourth-order valence-corrected chi connectivity index (χ4v) is 4.48. The van der Waals surface area contributed by atoms with Crippen molar-refractivity contribution in [3.05, 3.63) is 88.8 Å². The van der Waals surface area contributed by atoms with Crippen LogP contribution in [-0.2, 0) is 17.8 Å². The highest BCUT2D eigenvalue weighted by Gasteiger charge is 2.38. The van der Waals surface area contributed by atoms with Crippen LogP contribution in [0.3, 0.4) is 0 Å². The minimum Gasteiger partial charge on any atom is -0.478 e. The molecule has 2 heterocycles. The molecule has 0 radical (unpaired) electrons. The van der Waals surface area contributed by atoms with Crippen molar-refractivity contribution in [2.45, 2.75) is 18.2 Å². The molecule has 1 aliphatic heterocycles. The number of amides is 1. The summed E-state index contributed by atoms with van der Waals surface area (Å²) in [6.45, 7) is 0.268. The van der Waals surface area contributed by atoms with Gasteiger partial charge in [0.25, 0.3) is 0 Å². The van der Waals surface area contributed by atoms with Crippen LogP contribution in [0.1, 0.15) is 21.7 Å². The Labute approximate surface area is 182 Å². The van der Waals surface area contributed by atoms with Crippen molar-refractivity contribution in [2.24, 2.45) is 4.99 Å². The van der Waals surface area contributed by atoms with Gasteiger partial charge in [0.05, 0.1) is 29.3 Å². The molecule has 1 aliphatic rings. The normalized spacial score (nSPS) is 17.6.